The van der Waals surface area contributed by atoms with Crippen LogP contribution in [0.2, 0.25) is 0 Å². The minimum absolute atomic E-state index is 0.0757. The van der Waals surface area contributed by atoms with E-state index in [1.807, 2.05) is 6.92 Å². The number of ether oxygens (including phenoxy) is 1. The quantitative estimate of drug-likeness (QED) is 0.629. The first-order valence-corrected chi connectivity index (χ1v) is 9.17. The summed E-state index contributed by atoms with van der Waals surface area (Å²) in [5, 5.41) is 8.51. The number of amides is 2. The van der Waals surface area contributed by atoms with E-state index >= 15 is 0 Å². The fraction of sp³-hybridized carbons (Fsp3) is 0.250. The van der Waals surface area contributed by atoms with Gasteiger partial charge in [0.1, 0.15) is 5.75 Å². The van der Waals surface area contributed by atoms with E-state index in [0.29, 0.717) is 35.7 Å². The van der Waals surface area contributed by atoms with Crippen LogP contribution in [0.25, 0.3) is 0 Å². The lowest BCUT2D eigenvalue weighted by atomic mass is 10.2. The summed E-state index contributed by atoms with van der Waals surface area (Å²) in [7, 11) is 0. The maximum Gasteiger partial charge on any atom is 0.257 e. The minimum Gasteiger partial charge on any atom is -0.494 e. The van der Waals surface area contributed by atoms with Crippen molar-refractivity contribution in [2.24, 2.45) is 0 Å². The van der Waals surface area contributed by atoms with Crippen LogP contribution in [0.15, 0.2) is 48.5 Å². The number of nitrogens with one attached hydrogen (secondary N) is 3. The van der Waals surface area contributed by atoms with Gasteiger partial charge in [0.2, 0.25) is 5.91 Å². The molecule has 0 spiro atoms. The monoisotopic (exact) mass is 385 g/mol. The molecule has 3 N–H and O–H groups in total. The number of thiocarbonyl (C=S) groups is 1. The normalized spacial score (nSPS) is 10.0. The number of carbonyl (C=O) groups excluding carboxylic acids is 2. The maximum absolute atomic E-state index is 12.4. The Morgan fingerprint density at radius 3 is 2.41 bits per heavy atom. The molecule has 0 saturated carbocycles. The van der Waals surface area contributed by atoms with Crippen molar-refractivity contribution in [3.63, 3.8) is 0 Å². The molecule has 2 rings (SSSR count). The molecule has 0 aliphatic heterocycles. The van der Waals surface area contributed by atoms with Crippen LogP contribution in [-0.2, 0) is 4.79 Å². The van der Waals surface area contributed by atoms with Crippen molar-refractivity contribution in [3.8, 4) is 5.75 Å². The van der Waals surface area contributed by atoms with Gasteiger partial charge in [0, 0.05) is 23.4 Å². The molecule has 0 atom stereocenters. The third-order valence-electron chi connectivity index (χ3n) is 3.52. The van der Waals surface area contributed by atoms with Crippen LogP contribution in [-0.4, -0.2) is 23.5 Å². The smallest absolute Gasteiger partial charge is 0.257 e. The third-order valence-corrected chi connectivity index (χ3v) is 3.73. The summed E-state index contributed by atoms with van der Waals surface area (Å²) in [5.41, 5.74) is 1.77. The van der Waals surface area contributed by atoms with E-state index in [1.54, 1.807) is 55.5 Å². The zero-order valence-corrected chi connectivity index (χ0v) is 16.2. The van der Waals surface area contributed by atoms with Crippen molar-refractivity contribution >= 4 is 40.5 Å². The van der Waals surface area contributed by atoms with E-state index in [4.69, 9.17) is 17.0 Å². The SMILES string of the molecule is CCCOc1cccc(C(=O)NC(=S)Nc2cccc(NC(=O)CC)c2)c1. The molecular weight excluding hydrogens is 362 g/mol. The zero-order chi connectivity index (χ0) is 19.6. The van der Waals surface area contributed by atoms with Gasteiger partial charge in [-0.25, -0.2) is 0 Å². The summed E-state index contributed by atoms with van der Waals surface area (Å²) in [6.45, 7) is 4.39. The Hall–Kier alpha value is -2.93. The van der Waals surface area contributed by atoms with E-state index < -0.39 is 0 Å². The predicted molar refractivity (Wildman–Crippen MR) is 111 cm³/mol. The first-order valence-electron chi connectivity index (χ1n) is 8.77. The second kappa shape index (κ2) is 10.3. The first-order chi connectivity index (χ1) is 13.0. The molecule has 0 radical (unpaired) electrons. The van der Waals surface area contributed by atoms with Gasteiger partial charge in [-0.1, -0.05) is 26.0 Å². The van der Waals surface area contributed by atoms with Crippen LogP contribution < -0.4 is 20.7 Å². The van der Waals surface area contributed by atoms with Crippen LogP contribution in [0.3, 0.4) is 0 Å². The molecule has 7 heteroatoms. The Morgan fingerprint density at radius 1 is 1.00 bits per heavy atom. The predicted octanol–water partition coefficient (Wildman–Crippen LogP) is 3.95. The fourth-order valence-electron chi connectivity index (χ4n) is 2.21. The largest absolute Gasteiger partial charge is 0.494 e. The molecule has 0 aliphatic carbocycles. The molecule has 2 aromatic rings. The van der Waals surface area contributed by atoms with Crippen LogP contribution in [0.4, 0.5) is 11.4 Å². The second-order valence-electron chi connectivity index (χ2n) is 5.77. The molecule has 2 amide bonds. The van der Waals surface area contributed by atoms with E-state index in [0.717, 1.165) is 6.42 Å². The average Bonchev–Trinajstić information content (AvgIpc) is 2.66. The topological polar surface area (TPSA) is 79.5 Å². The van der Waals surface area contributed by atoms with Crippen molar-refractivity contribution in [2.75, 3.05) is 17.2 Å². The molecule has 2 aromatic carbocycles. The van der Waals surface area contributed by atoms with Crippen LogP contribution >= 0.6 is 12.2 Å². The van der Waals surface area contributed by atoms with Gasteiger partial charge in [-0.3, -0.25) is 14.9 Å². The van der Waals surface area contributed by atoms with Gasteiger partial charge in [-0.2, -0.15) is 0 Å². The van der Waals surface area contributed by atoms with Gasteiger partial charge in [0.05, 0.1) is 6.61 Å². The van der Waals surface area contributed by atoms with E-state index in [1.165, 1.54) is 0 Å². The molecule has 0 aromatic heterocycles. The standard InChI is InChI=1S/C20H23N3O3S/c1-3-11-26-17-10-5-7-14(12-17)19(25)23-20(27)22-16-9-6-8-15(13-16)21-18(24)4-2/h5-10,12-13H,3-4,11H2,1-2H3,(H,21,24)(H2,22,23,25,27). The summed E-state index contributed by atoms with van der Waals surface area (Å²) in [4.78, 5) is 23.9. The first kappa shape index (κ1) is 20.4. The fourth-order valence-corrected chi connectivity index (χ4v) is 2.42. The number of hydrogen-bond acceptors (Lipinski definition) is 4. The molecule has 27 heavy (non-hydrogen) atoms. The lowest BCUT2D eigenvalue weighted by molar-refractivity contribution is -0.115. The summed E-state index contributed by atoms with van der Waals surface area (Å²) in [6, 6.07) is 14.0. The van der Waals surface area contributed by atoms with E-state index in [2.05, 4.69) is 16.0 Å². The van der Waals surface area contributed by atoms with Gasteiger partial charge in [0.25, 0.3) is 5.91 Å². The molecule has 0 fully saturated rings. The number of hydrogen-bond donors (Lipinski definition) is 3. The van der Waals surface area contributed by atoms with Crippen molar-refractivity contribution in [3.05, 3.63) is 54.1 Å². The minimum atomic E-state index is -0.329. The van der Waals surface area contributed by atoms with E-state index in [9.17, 15) is 9.59 Å². The Labute approximate surface area is 164 Å². The van der Waals surface area contributed by atoms with Gasteiger partial charge < -0.3 is 15.4 Å². The lowest BCUT2D eigenvalue weighted by Crippen LogP contribution is -2.34. The molecular formula is C20H23N3O3S. The number of rotatable bonds is 7. The summed E-state index contributed by atoms with van der Waals surface area (Å²) < 4.78 is 5.54. The molecule has 0 aliphatic rings. The van der Waals surface area contributed by atoms with Crippen LogP contribution in [0, 0.1) is 0 Å². The number of anilines is 2. The van der Waals surface area contributed by atoms with Gasteiger partial charge in [-0.15, -0.1) is 0 Å². The maximum atomic E-state index is 12.4. The highest BCUT2D eigenvalue weighted by molar-refractivity contribution is 7.80. The second-order valence-corrected chi connectivity index (χ2v) is 6.18. The summed E-state index contributed by atoms with van der Waals surface area (Å²) >= 11 is 5.21. The molecule has 0 unspecified atom stereocenters. The van der Waals surface area contributed by atoms with Crippen LogP contribution in [0.1, 0.15) is 37.0 Å². The molecule has 0 saturated heterocycles. The van der Waals surface area contributed by atoms with Crippen molar-refractivity contribution in [1.29, 1.82) is 0 Å². The Kier molecular flexibility index (Phi) is 7.76. The van der Waals surface area contributed by atoms with E-state index in [-0.39, 0.29) is 16.9 Å². The molecule has 142 valence electrons. The van der Waals surface area contributed by atoms with Gasteiger partial charge in [-0.05, 0) is 55.0 Å². The highest BCUT2D eigenvalue weighted by atomic mass is 32.1. The molecule has 0 bridgehead atoms. The van der Waals surface area contributed by atoms with Crippen molar-refractivity contribution in [2.45, 2.75) is 26.7 Å². The number of benzene rings is 2. The average molecular weight is 385 g/mol. The van der Waals surface area contributed by atoms with Gasteiger partial charge >= 0.3 is 0 Å². The number of carbonyl (C=O) groups is 2. The molecule has 6 nitrogen and oxygen atoms in total. The van der Waals surface area contributed by atoms with Crippen LogP contribution in [0.5, 0.6) is 5.75 Å². The summed E-state index contributed by atoms with van der Waals surface area (Å²) in [5.74, 6) is 0.237. The molecule has 0 heterocycles. The highest BCUT2D eigenvalue weighted by Gasteiger charge is 2.09. The Morgan fingerprint density at radius 2 is 1.70 bits per heavy atom. The zero-order valence-electron chi connectivity index (χ0n) is 15.4. The third kappa shape index (κ3) is 6.71. The van der Waals surface area contributed by atoms with Crippen molar-refractivity contribution < 1.29 is 14.3 Å². The Bertz CT molecular complexity index is 824. The van der Waals surface area contributed by atoms with Crippen molar-refractivity contribution in [1.82, 2.24) is 5.32 Å². The highest BCUT2D eigenvalue weighted by Crippen LogP contribution is 2.16. The Balaban J connectivity index is 1.96. The summed E-state index contributed by atoms with van der Waals surface area (Å²) in [6.07, 6.45) is 1.29. The lowest BCUT2D eigenvalue weighted by Gasteiger charge is -2.12. The van der Waals surface area contributed by atoms with Gasteiger partial charge in [0.15, 0.2) is 5.11 Å².